The molecule has 27 heavy (non-hydrogen) atoms. The topological polar surface area (TPSA) is 175 Å². The summed E-state index contributed by atoms with van der Waals surface area (Å²) < 4.78 is 0. The van der Waals surface area contributed by atoms with Crippen LogP contribution < -0.4 is 31.9 Å². The molecule has 0 unspecified atom stereocenters. The van der Waals surface area contributed by atoms with Crippen LogP contribution in [0.2, 0.25) is 0 Å². The molecule has 152 valence electrons. The van der Waals surface area contributed by atoms with Gasteiger partial charge in [0.1, 0.15) is 12.8 Å². The zero-order valence-electron chi connectivity index (χ0n) is 15.4. The molecule has 0 saturated heterocycles. The number of hydrogen-bond acceptors (Lipinski definition) is 6. The van der Waals surface area contributed by atoms with Gasteiger partial charge in [0.25, 0.3) is 0 Å². The molecule has 0 aromatic rings. The molecule has 0 bridgehead atoms. The van der Waals surface area contributed by atoms with Crippen LogP contribution in [0, 0.1) is 0 Å². The zero-order chi connectivity index (χ0) is 20.7. The Morgan fingerprint density at radius 2 is 0.667 bits per heavy atom. The van der Waals surface area contributed by atoms with Crippen molar-refractivity contribution in [1.29, 1.82) is 0 Å². The van der Waals surface area contributed by atoms with E-state index in [-0.39, 0.29) is 44.7 Å². The molecule has 0 aliphatic carbocycles. The Bertz CT molecular complexity index is 517. The smallest absolute Gasteiger partial charge is 0.230 e. The SMILES string of the molecule is CCC(=O)NCNC(=O)CC(=O)NCNC(=O)CC(=O)NCNC(=O)CC. The minimum atomic E-state index is -0.638. The third kappa shape index (κ3) is 13.8. The second-order valence-corrected chi connectivity index (χ2v) is 5.19. The Hall–Kier alpha value is -3.18. The Balaban J connectivity index is 3.82. The van der Waals surface area contributed by atoms with Crippen molar-refractivity contribution in [2.24, 2.45) is 0 Å². The van der Waals surface area contributed by atoms with Gasteiger partial charge in [-0.15, -0.1) is 0 Å². The number of hydrogen-bond donors (Lipinski definition) is 6. The number of amides is 6. The van der Waals surface area contributed by atoms with Gasteiger partial charge in [-0.3, -0.25) is 28.8 Å². The highest BCUT2D eigenvalue weighted by Gasteiger charge is 2.11. The maximum Gasteiger partial charge on any atom is 0.230 e. The molecular formula is C15H26N6O6. The largest absolute Gasteiger partial charge is 0.339 e. The highest BCUT2D eigenvalue weighted by Crippen LogP contribution is 1.82. The van der Waals surface area contributed by atoms with Gasteiger partial charge in [0.2, 0.25) is 35.4 Å². The normalized spacial score (nSPS) is 9.56. The molecule has 0 fully saturated rings. The van der Waals surface area contributed by atoms with Gasteiger partial charge in [0, 0.05) is 12.8 Å². The van der Waals surface area contributed by atoms with Crippen molar-refractivity contribution in [2.45, 2.75) is 39.5 Å². The van der Waals surface area contributed by atoms with Crippen LogP contribution in [0.1, 0.15) is 39.5 Å². The van der Waals surface area contributed by atoms with Crippen molar-refractivity contribution in [3.63, 3.8) is 0 Å². The average Bonchev–Trinajstić information content (AvgIpc) is 2.60. The predicted molar refractivity (Wildman–Crippen MR) is 93.3 cm³/mol. The van der Waals surface area contributed by atoms with Gasteiger partial charge >= 0.3 is 0 Å². The average molecular weight is 386 g/mol. The van der Waals surface area contributed by atoms with Gasteiger partial charge in [-0.05, 0) is 0 Å². The standard InChI is InChI=1S/C15H26N6O6/c1-3-10(22)16-7-18-12(24)5-14(26)20-9-21-15(27)6-13(25)19-8-17-11(23)4-2/h3-9H2,1-2H3,(H,16,22)(H,17,23)(H,18,24)(H,19,25)(H,20,26)(H,21,27). The van der Waals surface area contributed by atoms with E-state index in [9.17, 15) is 28.8 Å². The lowest BCUT2D eigenvalue weighted by atomic mass is 10.3. The van der Waals surface area contributed by atoms with Crippen molar-refractivity contribution >= 4 is 35.4 Å². The van der Waals surface area contributed by atoms with Crippen LogP contribution in [0.4, 0.5) is 0 Å². The van der Waals surface area contributed by atoms with Crippen molar-refractivity contribution in [3.8, 4) is 0 Å². The molecule has 0 atom stereocenters. The summed E-state index contributed by atoms with van der Waals surface area (Å²) >= 11 is 0. The number of rotatable bonds is 12. The van der Waals surface area contributed by atoms with Crippen molar-refractivity contribution in [3.05, 3.63) is 0 Å². The summed E-state index contributed by atoms with van der Waals surface area (Å²) in [5.74, 6) is -2.94. The third-order valence-electron chi connectivity index (χ3n) is 3.00. The Morgan fingerprint density at radius 3 is 0.889 bits per heavy atom. The molecule has 0 aliphatic heterocycles. The summed E-state index contributed by atoms with van der Waals surface area (Å²) in [4.78, 5) is 67.9. The molecule has 0 saturated carbocycles. The van der Waals surface area contributed by atoms with E-state index in [1.54, 1.807) is 13.8 Å². The number of carbonyl (C=O) groups excluding carboxylic acids is 6. The van der Waals surface area contributed by atoms with Gasteiger partial charge in [0.15, 0.2) is 0 Å². The number of carbonyl (C=O) groups is 6. The highest BCUT2D eigenvalue weighted by molar-refractivity contribution is 5.98. The lowest BCUT2D eigenvalue weighted by molar-refractivity contribution is -0.130. The van der Waals surface area contributed by atoms with Crippen molar-refractivity contribution in [1.82, 2.24) is 31.9 Å². The zero-order valence-corrected chi connectivity index (χ0v) is 15.4. The molecule has 0 aromatic carbocycles. The molecular weight excluding hydrogens is 360 g/mol. The summed E-state index contributed by atoms with van der Waals surface area (Å²) in [6.07, 6.45) is -0.395. The molecule has 0 spiro atoms. The molecule has 12 nitrogen and oxygen atoms in total. The van der Waals surface area contributed by atoms with E-state index in [0.717, 1.165) is 0 Å². The molecule has 0 aromatic heterocycles. The Kier molecular flexibility index (Phi) is 12.4. The fourth-order valence-corrected chi connectivity index (χ4v) is 1.52. The first-order valence-electron chi connectivity index (χ1n) is 8.38. The van der Waals surface area contributed by atoms with Crippen LogP contribution in [-0.2, 0) is 28.8 Å². The minimum Gasteiger partial charge on any atom is -0.339 e. The first kappa shape index (κ1) is 23.8. The lowest BCUT2D eigenvalue weighted by Crippen LogP contribution is -2.43. The van der Waals surface area contributed by atoms with E-state index in [1.807, 2.05) is 0 Å². The molecule has 12 heteroatoms. The lowest BCUT2D eigenvalue weighted by Gasteiger charge is -2.09. The predicted octanol–water partition coefficient (Wildman–Crippen LogP) is -2.84. The molecule has 0 heterocycles. The van der Waals surface area contributed by atoms with E-state index >= 15 is 0 Å². The maximum atomic E-state index is 11.5. The van der Waals surface area contributed by atoms with Gasteiger partial charge in [0.05, 0.1) is 20.0 Å². The fourth-order valence-electron chi connectivity index (χ4n) is 1.52. The second-order valence-electron chi connectivity index (χ2n) is 5.19. The molecule has 0 rings (SSSR count). The van der Waals surface area contributed by atoms with Crippen LogP contribution in [0.15, 0.2) is 0 Å². The van der Waals surface area contributed by atoms with Gasteiger partial charge < -0.3 is 31.9 Å². The van der Waals surface area contributed by atoms with E-state index in [2.05, 4.69) is 31.9 Å². The summed E-state index contributed by atoms with van der Waals surface area (Å²) in [5, 5.41) is 14.1. The van der Waals surface area contributed by atoms with E-state index in [0.29, 0.717) is 0 Å². The van der Waals surface area contributed by atoms with Crippen LogP contribution in [0.3, 0.4) is 0 Å². The summed E-state index contributed by atoms with van der Waals surface area (Å²) in [6.45, 7) is 2.91. The Labute approximate surface area is 156 Å². The monoisotopic (exact) mass is 386 g/mol. The first-order valence-corrected chi connectivity index (χ1v) is 8.38. The van der Waals surface area contributed by atoms with Gasteiger partial charge in [-0.2, -0.15) is 0 Å². The minimum absolute atomic E-state index is 0.0800. The first-order chi connectivity index (χ1) is 12.8. The van der Waals surface area contributed by atoms with Gasteiger partial charge in [-0.25, -0.2) is 0 Å². The highest BCUT2D eigenvalue weighted by atomic mass is 16.2. The summed E-state index contributed by atoms with van der Waals surface area (Å²) in [6, 6.07) is 0. The van der Waals surface area contributed by atoms with Crippen molar-refractivity contribution < 1.29 is 28.8 Å². The summed E-state index contributed by atoms with van der Waals surface area (Å²) in [5.41, 5.74) is 0. The number of nitrogens with one attached hydrogen (secondary N) is 6. The molecule has 6 N–H and O–H groups in total. The quantitative estimate of drug-likeness (QED) is 0.155. The second kappa shape index (κ2) is 14.0. The van der Waals surface area contributed by atoms with Crippen LogP contribution in [0.5, 0.6) is 0 Å². The molecule has 6 amide bonds. The third-order valence-corrected chi connectivity index (χ3v) is 3.00. The van der Waals surface area contributed by atoms with E-state index < -0.39 is 36.5 Å². The van der Waals surface area contributed by atoms with Crippen LogP contribution in [-0.4, -0.2) is 55.4 Å². The molecule has 0 aliphatic rings. The van der Waals surface area contributed by atoms with Crippen molar-refractivity contribution in [2.75, 3.05) is 20.0 Å². The summed E-state index contributed by atoms with van der Waals surface area (Å²) in [7, 11) is 0. The fraction of sp³-hybridized carbons (Fsp3) is 0.600. The van der Waals surface area contributed by atoms with Crippen LogP contribution >= 0.6 is 0 Å². The maximum absolute atomic E-state index is 11.5. The molecule has 0 radical (unpaired) electrons. The Morgan fingerprint density at radius 1 is 0.444 bits per heavy atom. The van der Waals surface area contributed by atoms with E-state index in [4.69, 9.17) is 0 Å². The van der Waals surface area contributed by atoms with Gasteiger partial charge in [-0.1, -0.05) is 13.8 Å². The van der Waals surface area contributed by atoms with E-state index in [1.165, 1.54) is 0 Å². The van der Waals surface area contributed by atoms with Crippen LogP contribution in [0.25, 0.3) is 0 Å².